The van der Waals surface area contributed by atoms with Crippen LogP contribution in [0.4, 0.5) is 5.69 Å². The van der Waals surface area contributed by atoms with Crippen molar-refractivity contribution >= 4 is 24.2 Å². The van der Waals surface area contributed by atoms with Crippen molar-refractivity contribution in [1.29, 1.82) is 0 Å². The molecule has 0 aliphatic heterocycles. The molecule has 1 aromatic rings. The quantitative estimate of drug-likeness (QED) is 0.564. The molecular weight excluding hydrogens is 197 g/mol. The fraction of sp³-hybridized carbons (Fsp3) is 0.222. The van der Waals surface area contributed by atoms with Crippen molar-refractivity contribution in [3.05, 3.63) is 23.8 Å². The Labute approximate surface area is 87.7 Å². The fourth-order valence-electron chi connectivity index (χ4n) is 1.28. The molecule has 3 N–H and O–H groups in total. The molecule has 0 aliphatic rings. The molecule has 1 aromatic carbocycles. The number of hydrogen-bond donors (Lipinski definition) is 3. The largest absolute Gasteiger partial charge is 0.488 e. The van der Waals surface area contributed by atoms with Gasteiger partial charge in [0, 0.05) is 14.1 Å². The van der Waals surface area contributed by atoms with Gasteiger partial charge in [0.2, 0.25) is 0 Å². The highest BCUT2D eigenvalue weighted by Gasteiger charge is 2.17. The van der Waals surface area contributed by atoms with E-state index in [4.69, 9.17) is 15.2 Å². The molecule has 0 saturated carbocycles. The molecular formula is C9H12BNO4. The minimum absolute atomic E-state index is 0.0469. The molecule has 1 rings (SSSR count). The van der Waals surface area contributed by atoms with Crippen LogP contribution >= 0.6 is 0 Å². The molecule has 0 spiro atoms. The number of aromatic carboxylic acids is 1. The van der Waals surface area contributed by atoms with Crippen LogP contribution in [0.15, 0.2) is 18.2 Å². The Morgan fingerprint density at radius 1 is 1.33 bits per heavy atom. The zero-order valence-electron chi connectivity index (χ0n) is 8.51. The number of carboxylic acid groups (broad SMARTS) is 1. The van der Waals surface area contributed by atoms with Crippen LogP contribution in [0.3, 0.4) is 0 Å². The minimum atomic E-state index is -1.65. The van der Waals surface area contributed by atoms with Crippen molar-refractivity contribution in [3.8, 4) is 0 Å². The summed E-state index contributed by atoms with van der Waals surface area (Å²) in [5.74, 6) is -1.10. The van der Waals surface area contributed by atoms with Gasteiger partial charge in [-0.2, -0.15) is 0 Å². The molecule has 0 radical (unpaired) electrons. The highest BCUT2D eigenvalue weighted by molar-refractivity contribution is 6.58. The maximum atomic E-state index is 10.9. The summed E-state index contributed by atoms with van der Waals surface area (Å²) in [4.78, 5) is 12.6. The highest BCUT2D eigenvalue weighted by Crippen LogP contribution is 2.16. The van der Waals surface area contributed by atoms with E-state index in [1.165, 1.54) is 18.2 Å². The smallest absolute Gasteiger partial charge is 0.478 e. The summed E-state index contributed by atoms with van der Waals surface area (Å²) in [6, 6.07) is 4.27. The van der Waals surface area contributed by atoms with Crippen LogP contribution in [0.2, 0.25) is 0 Å². The monoisotopic (exact) mass is 209 g/mol. The molecule has 0 unspecified atom stereocenters. The Balaban J connectivity index is 3.27. The second-order valence-electron chi connectivity index (χ2n) is 3.35. The van der Waals surface area contributed by atoms with Gasteiger partial charge in [-0.3, -0.25) is 0 Å². The second kappa shape index (κ2) is 4.33. The Morgan fingerprint density at radius 3 is 2.33 bits per heavy atom. The Morgan fingerprint density at radius 2 is 1.93 bits per heavy atom. The summed E-state index contributed by atoms with van der Waals surface area (Å²) < 4.78 is 0. The molecule has 0 aliphatic carbocycles. The van der Waals surface area contributed by atoms with E-state index in [-0.39, 0.29) is 11.0 Å². The van der Waals surface area contributed by atoms with E-state index in [9.17, 15) is 4.79 Å². The third kappa shape index (κ3) is 2.48. The van der Waals surface area contributed by atoms with Gasteiger partial charge in [0.15, 0.2) is 0 Å². The van der Waals surface area contributed by atoms with E-state index < -0.39 is 13.1 Å². The highest BCUT2D eigenvalue weighted by atomic mass is 16.4. The molecule has 15 heavy (non-hydrogen) atoms. The molecule has 0 aromatic heterocycles. The van der Waals surface area contributed by atoms with Gasteiger partial charge in [-0.05, 0) is 17.6 Å². The predicted molar refractivity (Wildman–Crippen MR) is 57.6 cm³/mol. The van der Waals surface area contributed by atoms with Gasteiger partial charge < -0.3 is 20.1 Å². The van der Waals surface area contributed by atoms with Gasteiger partial charge in [-0.25, -0.2) is 4.79 Å². The number of nitrogens with zero attached hydrogens (tertiary/aromatic N) is 1. The number of anilines is 1. The number of carbonyl (C=O) groups is 1. The van der Waals surface area contributed by atoms with Crippen LogP contribution in [-0.2, 0) is 0 Å². The fourth-order valence-corrected chi connectivity index (χ4v) is 1.28. The average molecular weight is 209 g/mol. The number of carboxylic acids is 1. The van der Waals surface area contributed by atoms with Gasteiger partial charge in [0.05, 0.1) is 11.3 Å². The lowest BCUT2D eigenvalue weighted by atomic mass is 9.79. The van der Waals surface area contributed by atoms with Gasteiger partial charge >= 0.3 is 13.1 Å². The van der Waals surface area contributed by atoms with E-state index >= 15 is 0 Å². The van der Waals surface area contributed by atoms with Gasteiger partial charge in [-0.1, -0.05) is 6.07 Å². The molecule has 0 heterocycles. The molecule has 6 heteroatoms. The first kappa shape index (κ1) is 11.5. The van der Waals surface area contributed by atoms with Crippen molar-refractivity contribution in [2.45, 2.75) is 0 Å². The van der Waals surface area contributed by atoms with Gasteiger partial charge in [0.25, 0.3) is 0 Å². The molecule has 0 fully saturated rings. The maximum absolute atomic E-state index is 10.9. The lowest BCUT2D eigenvalue weighted by molar-refractivity contribution is 0.0697. The lowest BCUT2D eigenvalue weighted by Crippen LogP contribution is -2.31. The van der Waals surface area contributed by atoms with E-state index in [0.29, 0.717) is 5.69 Å². The van der Waals surface area contributed by atoms with E-state index in [2.05, 4.69) is 0 Å². The zero-order chi connectivity index (χ0) is 11.6. The Kier molecular flexibility index (Phi) is 3.33. The number of rotatable bonds is 3. The molecule has 0 saturated heterocycles. The van der Waals surface area contributed by atoms with Gasteiger partial charge in [-0.15, -0.1) is 0 Å². The van der Waals surface area contributed by atoms with Crippen molar-refractivity contribution in [2.24, 2.45) is 0 Å². The van der Waals surface area contributed by atoms with Crippen LogP contribution in [0, 0.1) is 0 Å². The molecule has 0 atom stereocenters. The second-order valence-corrected chi connectivity index (χ2v) is 3.35. The van der Waals surface area contributed by atoms with Crippen LogP contribution < -0.4 is 10.4 Å². The summed E-state index contributed by atoms with van der Waals surface area (Å²) in [5, 5.41) is 26.7. The molecule has 80 valence electrons. The first-order chi connectivity index (χ1) is 6.93. The Bertz CT molecular complexity index is 378. The molecule has 0 amide bonds. The van der Waals surface area contributed by atoms with Crippen molar-refractivity contribution in [2.75, 3.05) is 19.0 Å². The van der Waals surface area contributed by atoms with Crippen LogP contribution in [0.1, 0.15) is 10.4 Å². The Hall–Kier alpha value is -1.53. The average Bonchev–Trinajstić information content (AvgIpc) is 2.16. The lowest BCUT2D eigenvalue weighted by Gasteiger charge is -2.16. The predicted octanol–water partition coefficient (Wildman–Crippen LogP) is -0.869. The van der Waals surface area contributed by atoms with Crippen molar-refractivity contribution in [1.82, 2.24) is 0 Å². The van der Waals surface area contributed by atoms with Gasteiger partial charge in [0.1, 0.15) is 0 Å². The summed E-state index contributed by atoms with van der Waals surface area (Å²) in [6.07, 6.45) is 0. The van der Waals surface area contributed by atoms with E-state index in [1.54, 1.807) is 19.0 Å². The SMILES string of the molecule is CN(C)c1ccc(B(O)O)cc1C(=O)O. The first-order valence-corrected chi connectivity index (χ1v) is 4.34. The first-order valence-electron chi connectivity index (χ1n) is 4.34. The molecule has 5 nitrogen and oxygen atoms in total. The third-order valence-electron chi connectivity index (χ3n) is 2.03. The standard InChI is InChI=1S/C9H12BNO4/c1-11(2)8-4-3-6(10(14)15)5-7(8)9(12)13/h3-5,14-15H,1-2H3,(H,12,13). The summed E-state index contributed by atoms with van der Waals surface area (Å²) in [7, 11) is 1.78. The van der Waals surface area contributed by atoms with E-state index in [0.717, 1.165) is 0 Å². The number of hydrogen-bond acceptors (Lipinski definition) is 4. The zero-order valence-corrected chi connectivity index (χ0v) is 8.51. The minimum Gasteiger partial charge on any atom is -0.478 e. The summed E-state index contributed by atoms with van der Waals surface area (Å²) >= 11 is 0. The topological polar surface area (TPSA) is 81.0 Å². The third-order valence-corrected chi connectivity index (χ3v) is 2.03. The molecule has 0 bridgehead atoms. The maximum Gasteiger partial charge on any atom is 0.488 e. The summed E-state index contributed by atoms with van der Waals surface area (Å²) in [6.45, 7) is 0. The number of benzene rings is 1. The normalized spacial score (nSPS) is 9.87. The van der Waals surface area contributed by atoms with Crippen LogP contribution in [0.5, 0.6) is 0 Å². The van der Waals surface area contributed by atoms with E-state index in [1.807, 2.05) is 0 Å². The van der Waals surface area contributed by atoms with Crippen LogP contribution in [-0.4, -0.2) is 42.3 Å². The van der Waals surface area contributed by atoms with Crippen LogP contribution in [0.25, 0.3) is 0 Å². The van der Waals surface area contributed by atoms with Crippen molar-refractivity contribution < 1.29 is 19.9 Å². The van der Waals surface area contributed by atoms with Crippen molar-refractivity contribution in [3.63, 3.8) is 0 Å². The summed E-state index contributed by atoms with van der Waals surface area (Å²) in [5.41, 5.74) is 0.732.